The summed E-state index contributed by atoms with van der Waals surface area (Å²) >= 11 is 1.50. The smallest absolute Gasteiger partial charge is 0.243 e. The van der Waals surface area contributed by atoms with Crippen molar-refractivity contribution in [2.24, 2.45) is 0 Å². The van der Waals surface area contributed by atoms with Crippen LogP contribution in [0.1, 0.15) is 30.5 Å². The van der Waals surface area contributed by atoms with Crippen molar-refractivity contribution in [2.45, 2.75) is 37.1 Å². The van der Waals surface area contributed by atoms with E-state index in [4.69, 9.17) is 0 Å². The summed E-state index contributed by atoms with van der Waals surface area (Å²) in [7, 11) is -3.50. The fraction of sp³-hybridized carbons (Fsp3) is 0.280. The minimum absolute atomic E-state index is 0.126. The van der Waals surface area contributed by atoms with Gasteiger partial charge in [0, 0.05) is 42.5 Å². The Labute approximate surface area is 203 Å². The summed E-state index contributed by atoms with van der Waals surface area (Å²) in [6, 6.07) is 16.8. The van der Waals surface area contributed by atoms with E-state index in [9.17, 15) is 13.2 Å². The molecule has 176 valence electrons. The van der Waals surface area contributed by atoms with Crippen LogP contribution in [0.2, 0.25) is 0 Å². The summed E-state index contributed by atoms with van der Waals surface area (Å²) < 4.78 is 29.4. The van der Waals surface area contributed by atoms with E-state index in [1.54, 1.807) is 22.5 Å². The minimum atomic E-state index is -3.50. The highest BCUT2D eigenvalue weighted by Crippen LogP contribution is 2.24. The van der Waals surface area contributed by atoms with Crippen molar-refractivity contribution in [3.8, 4) is 11.3 Å². The molecule has 3 heterocycles. The van der Waals surface area contributed by atoms with Crippen LogP contribution in [0.4, 0.5) is 0 Å². The third-order valence-corrected chi connectivity index (χ3v) is 8.82. The Morgan fingerprint density at radius 1 is 1.03 bits per heavy atom. The molecule has 0 radical (unpaired) electrons. The lowest BCUT2D eigenvalue weighted by Crippen LogP contribution is -2.35. The molecule has 5 rings (SSSR count). The molecule has 0 atom stereocenters. The van der Waals surface area contributed by atoms with Crippen molar-refractivity contribution in [3.63, 3.8) is 0 Å². The zero-order valence-corrected chi connectivity index (χ0v) is 20.3. The Balaban J connectivity index is 1.24. The summed E-state index contributed by atoms with van der Waals surface area (Å²) in [4.78, 5) is 18.5. The van der Waals surface area contributed by atoms with Gasteiger partial charge in [-0.1, -0.05) is 48.9 Å². The van der Waals surface area contributed by atoms with Crippen LogP contribution in [0, 0.1) is 0 Å². The summed E-state index contributed by atoms with van der Waals surface area (Å²) in [5.74, 6) is -0.126. The number of piperidine rings is 1. The molecule has 0 bridgehead atoms. The maximum Gasteiger partial charge on any atom is 0.243 e. The second-order valence-corrected chi connectivity index (χ2v) is 11.2. The van der Waals surface area contributed by atoms with Crippen LogP contribution < -0.4 is 5.32 Å². The van der Waals surface area contributed by atoms with Gasteiger partial charge in [0.2, 0.25) is 15.9 Å². The lowest BCUT2D eigenvalue weighted by molar-refractivity contribution is -0.120. The van der Waals surface area contributed by atoms with Gasteiger partial charge in [-0.2, -0.15) is 4.31 Å². The van der Waals surface area contributed by atoms with Crippen LogP contribution >= 0.6 is 11.3 Å². The van der Waals surface area contributed by atoms with E-state index in [1.165, 1.54) is 11.3 Å². The van der Waals surface area contributed by atoms with Crippen molar-refractivity contribution in [2.75, 3.05) is 13.1 Å². The predicted molar refractivity (Wildman–Crippen MR) is 133 cm³/mol. The number of nitrogens with one attached hydrogen (secondary N) is 1. The van der Waals surface area contributed by atoms with Gasteiger partial charge in [0.15, 0.2) is 4.96 Å². The molecule has 7 nitrogen and oxygen atoms in total. The van der Waals surface area contributed by atoms with Gasteiger partial charge in [0.1, 0.15) is 0 Å². The van der Waals surface area contributed by atoms with Crippen LogP contribution in [-0.4, -0.2) is 41.1 Å². The quantitative estimate of drug-likeness (QED) is 0.419. The van der Waals surface area contributed by atoms with Gasteiger partial charge in [0.25, 0.3) is 0 Å². The fourth-order valence-corrected chi connectivity index (χ4v) is 6.66. The highest BCUT2D eigenvalue weighted by Gasteiger charge is 2.26. The summed E-state index contributed by atoms with van der Waals surface area (Å²) in [5, 5.41) is 4.87. The molecule has 0 spiro atoms. The number of imidazole rings is 1. The van der Waals surface area contributed by atoms with E-state index in [0.717, 1.165) is 46.7 Å². The van der Waals surface area contributed by atoms with Crippen LogP contribution in [0.15, 0.2) is 71.1 Å². The lowest BCUT2D eigenvalue weighted by Gasteiger charge is -2.26. The first-order valence-electron chi connectivity index (χ1n) is 11.4. The molecule has 2 aromatic heterocycles. The molecular formula is C25H26N4O3S2. The number of fused-ring (bicyclic) bond motifs is 1. The summed E-state index contributed by atoms with van der Waals surface area (Å²) in [5.41, 5.74) is 3.54. The third-order valence-electron chi connectivity index (χ3n) is 6.04. The Morgan fingerprint density at radius 3 is 2.62 bits per heavy atom. The SMILES string of the molecule is O=C(Cc1csc2nc(-c3ccccc3)cn12)NCc1cccc(S(=O)(=O)N2CCCCC2)c1. The molecule has 1 N–H and O–H groups in total. The van der Waals surface area contributed by atoms with Crippen molar-refractivity contribution in [3.05, 3.63) is 77.4 Å². The number of aromatic nitrogens is 2. The second kappa shape index (κ2) is 9.69. The molecule has 1 aliphatic heterocycles. The average molecular weight is 495 g/mol. The zero-order valence-electron chi connectivity index (χ0n) is 18.7. The number of nitrogens with zero attached hydrogens (tertiary/aromatic N) is 3. The minimum Gasteiger partial charge on any atom is -0.352 e. The van der Waals surface area contributed by atoms with Crippen molar-refractivity contribution in [1.82, 2.24) is 19.0 Å². The Hall–Kier alpha value is -3.01. The summed E-state index contributed by atoms with van der Waals surface area (Å²) in [6.07, 6.45) is 5.04. The number of carbonyl (C=O) groups excluding carboxylic acids is 1. The maximum absolute atomic E-state index is 12.9. The van der Waals surface area contributed by atoms with Crippen LogP contribution in [-0.2, 0) is 27.8 Å². The van der Waals surface area contributed by atoms with Gasteiger partial charge in [-0.25, -0.2) is 13.4 Å². The van der Waals surface area contributed by atoms with Crippen molar-refractivity contribution >= 4 is 32.2 Å². The molecule has 1 fully saturated rings. The largest absolute Gasteiger partial charge is 0.352 e. The standard InChI is InChI=1S/C25H26N4O3S2/c30-24(15-21-18-33-25-27-23(17-29(21)25)20-9-3-1-4-10-20)26-16-19-8-7-11-22(14-19)34(31,32)28-12-5-2-6-13-28/h1,3-4,7-11,14,17-18H,2,5-6,12-13,15-16H2,(H,26,30). The van der Waals surface area contributed by atoms with Crippen LogP contribution in [0.3, 0.4) is 0 Å². The van der Waals surface area contributed by atoms with Gasteiger partial charge in [-0.3, -0.25) is 9.20 Å². The van der Waals surface area contributed by atoms with E-state index >= 15 is 0 Å². The van der Waals surface area contributed by atoms with Gasteiger partial charge in [-0.05, 0) is 30.5 Å². The zero-order chi connectivity index (χ0) is 23.5. The molecule has 0 aliphatic carbocycles. The average Bonchev–Trinajstić information content (AvgIpc) is 3.46. The first kappa shape index (κ1) is 22.8. The van der Waals surface area contributed by atoms with Crippen molar-refractivity contribution < 1.29 is 13.2 Å². The normalized spacial score (nSPS) is 14.9. The molecular weight excluding hydrogens is 468 g/mol. The topological polar surface area (TPSA) is 83.8 Å². The first-order valence-corrected chi connectivity index (χ1v) is 13.7. The number of carbonyl (C=O) groups is 1. The number of thiazole rings is 1. The molecule has 0 unspecified atom stereocenters. The van der Waals surface area contributed by atoms with E-state index in [-0.39, 0.29) is 23.8 Å². The number of sulfonamides is 1. The lowest BCUT2D eigenvalue weighted by atomic mass is 10.2. The van der Waals surface area contributed by atoms with Crippen LogP contribution in [0.5, 0.6) is 0 Å². The van der Waals surface area contributed by atoms with E-state index in [2.05, 4.69) is 10.3 Å². The summed E-state index contributed by atoms with van der Waals surface area (Å²) in [6.45, 7) is 1.41. The van der Waals surface area contributed by atoms with Crippen molar-refractivity contribution in [1.29, 1.82) is 0 Å². The fourth-order valence-electron chi connectivity index (χ4n) is 4.20. The number of hydrogen-bond acceptors (Lipinski definition) is 5. The Bertz CT molecular complexity index is 1400. The number of rotatable bonds is 7. The number of hydrogen-bond donors (Lipinski definition) is 1. The molecule has 1 aliphatic rings. The predicted octanol–water partition coefficient (Wildman–Crippen LogP) is 4.10. The second-order valence-electron chi connectivity index (χ2n) is 8.44. The first-order chi connectivity index (χ1) is 16.5. The molecule has 1 amide bonds. The third kappa shape index (κ3) is 4.77. The van der Waals surface area contributed by atoms with Gasteiger partial charge < -0.3 is 5.32 Å². The molecule has 0 saturated carbocycles. The monoisotopic (exact) mass is 494 g/mol. The number of amides is 1. The van der Waals surface area contributed by atoms with E-state index in [1.807, 2.05) is 52.4 Å². The molecule has 2 aromatic carbocycles. The molecule has 1 saturated heterocycles. The van der Waals surface area contributed by atoms with Crippen LogP contribution in [0.25, 0.3) is 16.2 Å². The Morgan fingerprint density at radius 2 is 1.82 bits per heavy atom. The number of benzene rings is 2. The van der Waals surface area contributed by atoms with Gasteiger partial charge >= 0.3 is 0 Å². The van der Waals surface area contributed by atoms with E-state index in [0.29, 0.717) is 13.1 Å². The highest BCUT2D eigenvalue weighted by atomic mass is 32.2. The van der Waals surface area contributed by atoms with Gasteiger partial charge in [0.05, 0.1) is 17.0 Å². The highest BCUT2D eigenvalue weighted by molar-refractivity contribution is 7.89. The molecule has 34 heavy (non-hydrogen) atoms. The Kier molecular flexibility index (Phi) is 6.49. The molecule has 9 heteroatoms. The molecule has 4 aromatic rings. The van der Waals surface area contributed by atoms with Gasteiger partial charge in [-0.15, -0.1) is 11.3 Å². The maximum atomic E-state index is 12.9. The van der Waals surface area contributed by atoms with E-state index < -0.39 is 10.0 Å².